The molecule has 1 fully saturated rings. The Labute approximate surface area is 102 Å². The highest BCUT2D eigenvalue weighted by Crippen LogP contribution is 2.24. The number of piperidine rings is 1. The minimum Gasteiger partial charge on any atom is -0.356 e. The van der Waals surface area contributed by atoms with E-state index in [0.717, 1.165) is 23.9 Å². The van der Waals surface area contributed by atoms with Crippen molar-refractivity contribution < 1.29 is 0 Å². The van der Waals surface area contributed by atoms with E-state index < -0.39 is 0 Å². The minimum atomic E-state index is 0.573. The summed E-state index contributed by atoms with van der Waals surface area (Å²) in [6.07, 6.45) is 5.62. The van der Waals surface area contributed by atoms with Gasteiger partial charge < -0.3 is 4.90 Å². The molecule has 1 aliphatic heterocycles. The first kappa shape index (κ1) is 11.7. The fourth-order valence-electron chi connectivity index (χ4n) is 1.93. The number of aromatic nitrogens is 2. The van der Waals surface area contributed by atoms with Crippen molar-refractivity contribution in [3.8, 4) is 0 Å². The molecule has 1 saturated heterocycles. The molecule has 88 valence electrons. The van der Waals surface area contributed by atoms with Gasteiger partial charge in [0, 0.05) is 24.4 Å². The van der Waals surface area contributed by atoms with E-state index >= 15 is 0 Å². The summed E-state index contributed by atoms with van der Waals surface area (Å²) in [6.45, 7) is 6.66. The maximum absolute atomic E-state index is 4.37. The first-order chi connectivity index (χ1) is 7.75. The normalized spacial score (nSPS) is 16.8. The summed E-state index contributed by atoms with van der Waals surface area (Å²) in [5.74, 6) is 1.10. The van der Waals surface area contributed by atoms with Gasteiger partial charge in [-0.3, -0.25) is 0 Å². The lowest BCUT2D eigenvalue weighted by atomic mass is 10.1. The third-order valence-corrected chi connectivity index (χ3v) is 3.60. The molecule has 4 heteroatoms. The monoisotopic (exact) mass is 237 g/mol. The van der Waals surface area contributed by atoms with Gasteiger partial charge in [-0.1, -0.05) is 13.8 Å². The molecule has 0 saturated carbocycles. The zero-order valence-electron chi connectivity index (χ0n) is 10.0. The minimum absolute atomic E-state index is 0.573. The second-order valence-corrected chi connectivity index (χ2v) is 6.03. The molecule has 2 rings (SSSR count). The maximum Gasteiger partial charge on any atom is 0.133 e. The van der Waals surface area contributed by atoms with Crippen LogP contribution in [0.4, 0.5) is 5.82 Å². The molecule has 2 heterocycles. The van der Waals surface area contributed by atoms with E-state index in [-0.39, 0.29) is 0 Å². The van der Waals surface area contributed by atoms with Crippen LogP contribution in [0.3, 0.4) is 0 Å². The summed E-state index contributed by atoms with van der Waals surface area (Å²) < 4.78 is 0. The largest absolute Gasteiger partial charge is 0.356 e. The van der Waals surface area contributed by atoms with Crippen LogP contribution in [-0.2, 0) is 0 Å². The Morgan fingerprint density at radius 1 is 1.19 bits per heavy atom. The van der Waals surface area contributed by atoms with Gasteiger partial charge in [0.25, 0.3) is 0 Å². The Kier molecular flexibility index (Phi) is 4.04. The average Bonchev–Trinajstić information content (AvgIpc) is 2.30. The molecular formula is C12H19N3S. The average molecular weight is 237 g/mol. The number of nitrogens with zero attached hydrogens (tertiary/aromatic N) is 3. The van der Waals surface area contributed by atoms with Crippen LogP contribution in [-0.4, -0.2) is 28.3 Å². The molecule has 1 aliphatic rings. The number of thioether (sulfide) groups is 1. The van der Waals surface area contributed by atoms with E-state index in [0.29, 0.717) is 5.25 Å². The van der Waals surface area contributed by atoms with Crippen molar-refractivity contribution in [3.05, 3.63) is 12.4 Å². The molecule has 0 aliphatic carbocycles. The summed E-state index contributed by atoms with van der Waals surface area (Å²) in [4.78, 5) is 11.0. The van der Waals surface area contributed by atoms with Gasteiger partial charge in [-0.15, -0.1) is 11.8 Å². The zero-order valence-corrected chi connectivity index (χ0v) is 10.8. The predicted molar refractivity (Wildman–Crippen MR) is 69.1 cm³/mol. The Morgan fingerprint density at radius 3 is 2.62 bits per heavy atom. The van der Waals surface area contributed by atoms with Crippen LogP contribution in [0, 0.1) is 0 Å². The molecule has 1 aromatic heterocycles. The molecule has 1 aromatic rings. The molecule has 0 amide bonds. The van der Waals surface area contributed by atoms with Crippen molar-refractivity contribution in [1.29, 1.82) is 0 Å². The Balaban J connectivity index is 2.08. The van der Waals surface area contributed by atoms with Gasteiger partial charge in [-0.2, -0.15) is 0 Å². The number of rotatable bonds is 3. The van der Waals surface area contributed by atoms with Crippen molar-refractivity contribution in [3.63, 3.8) is 0 Å². The van der Waals surface area contributed by atoms with Gasteiger partial charge in [0.15, 0.2) is 0 Å². The molecule has 0 radical (unpaired) electrons. The summed E-state index contributed by atoms with van der Waals surface area (Å²) in [5.41, 5.74) is 0. The molecule has 0 bridgehead atoms. The van der Waals surface area contributed by atoms with Gasteiger partial charge in [0.2, 0.25) is 0 Å². The van der Waals surface area contributed by atoms with Crippen LogP contribution >= 0.6 is 11.8 Å². The van der Waals surface area contributed by atoms with Crippen LogP contribution in [0.1, 0.15) is 33.1 Å². The maximum atomic E-state index is 4.37. The molecule has 0 N–H and O–H groups in total. The van der Waals surface area contributed by atoms with E-state index in [4.69, 9.17) is 0 Å². The van der Waals surface area contributed by atoms with Crippen LogP contribution in [0.15, 0.2) is 17.4 Å². The van der Waals surface area contributed by atoms with E-state index in [1.54, 1.807) is 18.1 Å². The van der Waals surface area contributed by atoms with Crippen LogP contribution in [0.2, 0.25) is 0 Å². The molecular weight excluding hydrogens is 218 g/mol. The lowest BCUT2D eigenvalue weighted by Crippen LogP contribution is -2.30. The highest BCUT2D eigenvalue weighted by molar-refractivity contribution is 7.99. The van der Waals surface area contributed by atoms with E-state index in [1.807, 2.05) is 0 Å². The van der Waals surface area contributed by atoms with Crippen LogP contribution < -0.4 is 4.90 Å². The summed E-state index contributed by atoms with van der Waals surface area (Å²) in [7, 11) is 0. The number of hydrogen-bond donors (Lipinski definition) is 0. The number of anilines is 1. The van der Waals surface area contributed by atoms with Crippen molar-refractivity contribution in [2.45, 2.75) is 43.4 Å². The fourth-order valence-corrected chi connectivity index (χ4v) is 2.70. The SMILES string of the molecule is CC(C)Sc1cc(N2CCCCC2)ncn1. The lowest BCUT2D eigenvalue weighted by Gasteiger charge is -2.27. The standard InChI is InChI=1S/C12H19N3S/c1-10(2)16-12-8-11(13-9-14-12)15-6-4-3-5-7-15/h8-10H,3-7H2,1-2H3. The predicted octanol–water partition coefficient (Wildman–Crippen LogP) is 2.97. The summed E-state index contributed by atoms with van der Waals surface area (Å²) in [5, 5.41) is 1.66. The topological polar surface area (TPSA) is 29.0 Å². The van der Waals surface area contributed by atoms with Crippen LogP contribution in [0.5, 0.6) is 0 Å². The van der Waals surface area contributed by atoms with E-state index in [2.05, 4.69) is 34.8 Å². The molecule has 0 atom stereocenters. The Morgan fingerprint density at radius 2 is 1.94 bits per heavy atom. The molecule has 0 aromatic carbocycles. The van der Waals surface area contributed by atoms with Crippen molar-refractivity contribution in [2.75, 3.05) is 18.0 Å². The molecule has 0 spiro atoms. The second-order valence-electron chi connectivity index (χ2n) is 4.43. The first-order valence-electron chi connectivity index (χ1n) is 5.99. The Bertz CT molecular complexity index is 335. The van der Waals surface area contributed by atoms with Gasteiger partial charge in [0.05, 0.1) is 0 Å². The summed E-state index contributed by atoms with van der Waals surface area (Å²) in [6, 6.07) is 2.12. The van der Waals surface area contributed by atoms with Gasteiger partial charge >= 0.3 is 0 Å². The van der Waals surface area contributed by atoms with Gasteiger partial charge in [-0.05, 0) is 19.3 Å². The van der Waals surface area contributed by atoms with Gasteiger partial charge in [-0.25, -0.2) is 9.97 Å². The first-order valence-corrected chi connectivity index (χ1v) is 6.87. The van der Waals surface area contributed by atoms with Crippen LogP contribution in [0.25, 0.3) is 0 Å². The highest BCUT2D eigenvalue weighted by atomic mass is 32.2. The molecule has 0 unspecified atom stereocenters. The third-order valence-electron chi connectivity index (χ3n) is 2.66. The quantitative estimate of drug-likeness (QED) is 0.597. The van der Waals surface area contributed by atoms with E-state index in [9.17, 15) is 0 Å². The summed E-state index contributed by atoms with van der Waals surface area (Å²) >= 11 is 1.80. The fraction of sp³-hybridized carbons (Fsp3) is 0.667. The second kappa shape index (κ2) is 5.53. The van der Waals surface area contributed by atoms with Crippen molar-refractivity contribution in [1.82, 2.24) is 9.97 Å². The molecule has 3 nitrogen and oxygen atoms in total. The van der Waals surface area contributed by atoms with Gasteiger partial charge in [0.1, 0.15) is 17.2 Å². The highest BCUT2D eigenvalue weighted by Gasteiger charge is 2.12. The van der Waals surface area contributed by atoms with Crippen molar-refractivity contribution in [2.24, 2.45) is 0 Å². The Hall–Kier alpha value is -0.770. The van der Waals surface area contributed by atoms with Crippen molar-refractivity contribution >= 4 is 17.6 Å². The number of hydrogen-bond acceptors (Lipinski definition) is 4. The van der Waals surface area contributed by atoms with E-state index in [1.165, 1.54) is 19.3 Å². The zero-order chi connectivity index (χ0) is 11.4. The molecule has 16 heavy (non-hydrogen) atoms. The smallest absolute Gasteiger partial charge is 0.133 e. The lowest BCUT2D eigenvalue weighted by molar-refractivity contribution is 0.572. The third kappa shape index (κ3) is 3.11.